The summed E-state index contributed by atoms with van der Waals surface area (Å²) in [5.41, 5.74) is 2.97. The minimum Gasteiger partial charge on any atom is -0.480 e. The second kappa shape index (κ2) is 5.42. The van der Waals surface area contributed by atoms with Gasteiger partial charge < -0.3 is 10.4 Å². The molecule has 0 spiro atoms. The van der Waals surface area contributed by atoms with Gasteiger partial charge in [0, 0.05) is 5.56 Å². The number of aromatic nitrogens is 1. The van der Waals surface area contributed by atoms with E-state index in [0.29, 0.717) is 10.6 Å². The predicted octanol–water partition coefficient (Wildman–Crippen LogP) is 1.62. The number of carboxylic acids is 1. The Hall–Kier alpha value is -2.21. The lowest BCUT2D eigenvalue weighted by molar-refractivity contribution is -0.135. The maximum absolute atomic E-state index is 11.8. The van der Waals surface area contributed by atoms with Gasteiger partial charge in [0.1, 0.15) is 11.4 Å². The van der Waals surface area contributed by atoms with Crippen molar-refractivity contribution in [3.63, 3.8) is 0 Å². The molecule has 18 heavy (non-hydrogen) atoms. The first-order chi connectivity index (χ1) is 8.68. The van der Waals surface area contributed by atoms with Crippen LogP contribution in [0.1, 0.15) is 9.67 Å². The zero-order valence-corrected chi connectivity index (χ0v) is 10.1. The number of carboxylic acid groups (broad SMARTS) is 1. The Balaban J connectivity index is 2.23. The van der Waals surface area contributed by atoms with Crippen LogP contribution in [0.15, 0.2) is 35.8 Å². The fraction of sp³-hybridized carbons (Fsp3) is 0.0833. The maximum Gasteiger partial charge on any atom is 0.322 e. The second-order valence-corrected chi connectivity index (χ2v) is 4.33. The standard InChI is InChI=1S/C12H10N2O3S/c15-9(16)6-13-12(17)11-10(14-7-18-11)8-4-2-1-3-5-8/h1-5,7H,6H2,(H,13,17)(H,15,16). The van der Waals surface area contributed by atoms with Crippen LogP contribution < -0.4 is 5.32 Å². The van der Waals surface area contributed by atoms with E-state index in [-0.39, 0.29) is 0 Å². The quantitative estimate of drug-likeness (QED) is 0.877. The summed E-state index contributed by atoms with van der Waals surface area (Å²) in [5.74, 6) is -1.49. The van der Waals surface area contributed by atoms with Crippen LogP contribution in [0.5, 0.6) is 0 Å². The number of aliphatic carboxylic acids is 1. The van der Waals surface area contributed by atoms with Gasteiger partial charge >= 0.3 is 5.97 Å². The van der Waals surface area contributed by atoms with Crippen molar-refractivity contribution in [3.05, 3.63) is 40.7 Å². The molecule has 0 radical (unpaired) electrons. The molecule has 0 bridgehead atoms. The largest absolute Gasteiger partial charge is 0.480 e. The summed E-state index contributed by atoms with van der Waals surface area (Å²) < 4.78 is 0. The Morgan fingerprint density at radius 3 is 2.67 bits per heavy atom. The molecule has 1 amide bonds. The summed E-state index contributed by atoms with van der Waals surface area (Å²) in [6.45, 7) is -0.398. The van der Waals surface area contributed by atoms with E-state index < -0.39 is 18.4 Å². The Morgan fingerprint density at radius 1 is 1.28 bits per heavy atom. The van der Waals surface area contributed by atoms with Crippen LogP contribution in [0.4, 0.5) is 0 Å². The summed E-state index contributed by atoms with van der Waals surface area (Å²) >= 11 is 1.19. The van der Waals surface area contributed by atoms with Gasteiger partial charge in [0.2, 0.25) is 0 Å². The molecule has 5 nitrogen and oxygen atoms in total. The Morgan fingerprint density at radius 2 is 2.00 bits per heavy atom. The second-order valence-electron chi connectivity index (χ2n) is 3.47. The highest BCUT2D eigenvalue weighted by atomic mass is 32.1. The summed E-state index contributed by atoms with van der Waals surface area (Å²) in [4.78, 5) is 26.8. The topological polar surface area (TPSA) is 79.3 Å². The third kappa shape index (κ3) is 2.72. The molecule has 1 aromatic heterocycles. The van der Waals surface area contributed by atoms with E-state index in [1.807, 2.05) is 30.3 Å². The molecule has 2 aromatic rings. The van der Waals surface area contributed by atoms with E-state index >= 15 is 0 Å². The van der Waals surface area contributed by atoms with E-state index in [0.717, 1.165) is 5.56 Å². The van der Waals surface area contributed by atoms with Gasteiger partial charge in [-0.15, -0.1) is 11.3 Å². The van der Waals surface area contributed by atoms with Crippen LogP contribution in [-0.2, 0) is 4.79 Å². The average Bonchev–Trinajstić information content (AvgIpc) is 2.86. The number of benzene rings is 1. The minimum absolute atomic E-state index is 0.398. The first-order valence-electron chi connectivity index (χ1n) is 5.17. The maximum atomic E-state index is 11.8. The van der Waals surface area contributed by atoms with Crippen LogP contribution in [0, 0.1) is 0 Å². The molecule has 2 rings (SSSR count). The molecule has 1 heterocycles. The molecule has 0 atom stereocenters. The van der Waals surface area contributed by atoms with E-state index in [1.165, 1.54) is 11.3 Å². The molecule has 92 valence electrons. The number of rotatable bonds is 4. The summed E-state index contributed by atoms with van der Waals surface area (Å²) in [6, 6.07) is 9.29. The van der Waals surface area contributed by atoms with E-state index in [9.17, 15) is 9.59 Å². The third-order valence-electron chi connectivity index (χ3n) is 2.22. The van der Waals surface area contributed by atoms with Gasteiger partial charge in [0.05, 0.1) is 11.2 Å². The number of carbonyl (C=O) groups excluding carboxylic acids is 1. The summed E-state index contributed by atoms with van der Waals surface area (Å²) in [5, 5.41) is 10.8. The number of amides is 1. The number of hydrogen-bond acceptors (Lipinski definition) is 4. The summed E-state index contributed by atoms with van der Waals surface area (Å²) in [6.07, 6.45) is 0. The molecular weight excluding hydrogens is 252 g/mol. The molecule has 2 N–H and O–H groups in total. The normalized spacial score (nSPS) is 10.0. The predicted molar refractivity (Wildman–Crippen MR) is 67.5 cm³/mol. The van der Waals surface area contributed by atoms with Crippen LogP contribution >= 0.6 is 11.3 Å². The van der Waals surface area contributed by atoms with Crippen molar-refractivity contribution in [3.8, 4) is 11.3 Å². The van der Waals surface area contributed by atoms with Crippen LogP contribution in [0.3, 0.4) is 0 Å². The van der Waals surface area contributed by atoms with Crippen molar-refractivity contribution >= 4 is 23.2 Å². The van der Waals surface area contributed by atoms with Crippen molar-refractivity contribution in [2.24, 2.45) is 0 Å². The molecule has 0 fully saturated rings. The highest BCUT2D eigenvalue weighted by Crippen LogP contribution is 2.24. The smallest absolute Gasteiger partial charge is 0.322 e. The zero-order chi connectivity index (χ0) is 13.0. The number of hydrogen-bond donors (Lipinski definition) is 2. The number of nitrogens with one attached hydrogen (secondary N) is 1. The van der Waals surface area contributed by atoms with Gasteiger partial charge in [0.15, 0.2) is 0 Å². The molecule has 0 unspecified atom stereocenters. The minimum atomic E-state index is -1.07. The zero-order valence-electron chi connectivity index (χ0n) is 9.29. The highest BCUT2D eigenvalue weighted by Gasteiger charge is 2.16. The van der Waals surface area contributed by atoms with Gasteiger partial charge in [-0.05, 0) is 0 Å². The summed E-state index contributed by atoms with van der Waals surface area (Å²) in [7, 11) is 0. The van der Waals surface area contributed by atoms with Gasteiger partial charge in [-0.2, -0.15) is 0 Å². The molecule has 0 saturated heterocycles. The van der Waals surface area contributed by atoms with Crippen LogP contribution in [0.25, 0.3) is 11.3 Å². The molecule has 0 aliphatic rings. The third-order valence-corrected chi connectivity index (χ3v) is 3.05. The van der Waals surface area contributed by atoms with E-state index in [4.69, 9.17) is 5.11 Å². The SMILES string of the molecule is O=C(O)CNC(=O)c1scnc1-c1ccccc1. The Bertz CT molecular complexity index is 566. The fourth-order valence-electron chi connectivity index (χ4n) is 1.45. The lowest BCUT2D eigenvalue weighted by Crippen LogP contribution is -2.28. The number of nitrogens with zero attached hydrogens (tertiary/aromatic N) is 1. The molecule has 0 aliphatic heterocycles. The lowest BCUT2D eigenvalue weighted by Gasteiger charge is -2.02. The highest BCUT2D eigenvalue weighted by molar-refractivity contribution is 7.12. The number of carbonyl (C=O) groups is 2. The number of thiazole rings is 1. The fourth-order valence-corrected chi connectivity index (χ4v) is 2.17. The van der Waals surface area contributed by atoms with Crippen molar-refractivity contribution < 1.29 is 14.7 Å². The molecule has 0 saturated carbocycles. The van der Waals surface area contributed by atoms with Crippen LogP contribution in [-0.4, -0.2) is 28.5 Å². The Kier molecular flexibility index (Phi) is 3.69. The average molecular weight is 262 g/mol. The van der Waals surface area contributed by atoms with Crippen molar-refractivity contribution in [2.45, 2.75) is 0 Å². The van der Waals surface area contributed by atoms with E-state index in [1.54, 1.807) is 5.51 Å². The lowest BCUT2D eigenvalue weighted by atomic mass is 10.1. The van der Waals surface area contributed by atoms with Gasteiger partial charge in [-0.1, -0.05) is 30.3 Å². The molecule has 1 aromatic carbocycles. The van der Waals surface area contributed by atoms with Crippen molar-refractivity contribution in [1.82, 2.24) is 10.3 Å². The van der Waals surface area contributed by atoms with Gasteiger partial charge in [-0.25, -0.2) is 4.98 Å². The van der Waals surface area contributed by atoms with Crippen LogP contribution in [0.2, 0.25) is 0 Å². The monoisotopic (exact) mass is 262 g/mol. The molecular formula is C12H10N2O3S. The first-order valence-corrected chi connectivity index (χ1v) is 6.05. The first kappa shape index (κ1) is 12.3. The Labute approximate surface area is 107 Å². The van der Waals surface area contributed by atoms with Crippen molar-refractivity contribution in [1.29, 1.82) is 0 Å². The van der Waals surface area contributed by atoms with Gasteiger partial charge in [-0.3, -0.25) is 9.59 Å². The molecule has 6 heteroatoms. The van der Waals surface area contributed by atoms with Crippen molar-refractivity contribution in [2.75, 3.05) is 6.54 Å². The molecule has 0 aliphatic carbocycles. The van der Waals surface area contributed by atoms with E-state index in [2.05, 4.69) is 10.3 Å². The van der Waals surface area contributed by atoms with Gasteiger partial charge in [0.25, 0.3) is 5.91 Å².